The summed E-state index contributed by atoms with van der Waals surface area (Å²) < 4.78 is 25.0. The highest BCUT2D eigenvalue weighted by atomic mass is 32.2. The van der Waals surface area contributed by atoms with Gasteiger partial charge in [-0.3, -0.25) is 0 Å². The number of nitrogen functional groups attached to an aromatic ring is 1. The van der Waals surface area contributed by atoms with Crippen LogP contribution < -0.4 is 5.73 Å². The van der Waals surface area contributed by atoms with Gasteiger partial charge in [-0.25, -0.2) is 13.4 Å². The molecule has 1 aliphatic rings. The van der Waals surface area contributed by atoms with Crippen molar-refractivity contribution >= 4 is 26.7 Å². The van der Waals surface area contributed by atoms with Crippen LogP contribution in [-0.4, -0.2) is 27.8 Å². The van der Waals surface area contributed by atoms with Gasteiger partial charge >= 0.3 is 0 Å². The molecule has 0 spiro atoms. The summed E-state index contributed by atoms with van der Waals surface area (Å²) in [7, 11) is -3.38. The molecule has 16 heavy (non-hydrogen) atoms. The lowest BCUT2D eigenvalue weighted by Gasteiger charge is -2.02. The van der Waals surface area contributed by atoms with Crippen molar-refractivity contribution in [2.24, 2.45) is 0 Å². The third-order valence-corrected chi connectivity index (χ3v) is 4.73. The maximum Gasteiger partial charge on any atom is 0.258 e. The van der Waals surface area contributed by atoms with Gasteiger partial charge in [0.05, 0.1) is 16.8 Å². The van der Waals surface area contributed by atoms with E-state index in [1.54, 1.807) is 6.07 Å². The summed E-state index contributed by atoms with van der Waals surface area (Å²) in [4.78, 5) is 4.02. The van der Waals surface area contributed by atoms with Gasteiger partial charge in [-0.05, 0) is 18.9 Å². The molecule has 1 aliphatic carbocycles. The maximum atomic E-state index is 12.0. The number of rotatable bonds is 2. The molecule has 0 aliphatic heterocycles. The molecular weight excluding hydrogens is 228 g/mol. The minimum atomic E-state index is -3.38. The highest BCUT2D eigenvalue weighted by Gasteiger charge is 2.38. The molecule has 0 radical (unpaired) electrons. The van der Waals surface area contributed by atoms with Crippen molar-refractivity contribution in [2.45, 2.75) is 18.1 Å². The number of nitrogens with zero attached hydrogens (tertiary/aromatic N) is 3. The fourth-order valence-corrected chi connectivity index (χ4v) is 3.20. The molecule has 0 bridgehead atoms. The Morgan fingerprint density at radius 3 is 2.88 bits per heavy atom. The van der Waals surface area contributed by atoms with Crippen molar-refractivity contribution in [3.05, 3.63) is 18.5 Å². The predicted molar refractivity (Wildman–Crippen MR) is 59.3 cm³/mol. The van der Waals surface area contributed by atoms with Gasteiger partial charge in [0.25, 0.3) is 10.0 Å². The van der Waals surface area contributed by atoms with E-state index in [1.165, 1.54) is 12.4 Å². The highest BCUT2D eigenvalue weighted by Crippen LogP contribution is 2.31. The minimum Gasteiger partial charge on any atom is -0.398 e. The number of hydrogen-bond donors (Lipinski definition) is 1. The van der Waals surface area contributed by atoms with Gasteiger partial charge in [-0.1, -0.05) is 0 Å². The minimum absolute atomic E-state index is 0.307. The van der Waals surface area contributed by atoms with Crippen LogP contribution >= 0.6 is 0 Å². The summed E-state index contributed by atoms with van der Waals surface area (Å²) in [6.07, 6.45) is 4.33. The topological polar surface area (TPSA) is 90.9 Å². The fraction of sp³-hybridized carbons (Fsp3) is 0.333. The molecule has 3 rings (SSSR count). The van der Waals surface area contributed by atoms with Crippen LogP contribution in [0.5, 0.6) is 0 Å². The lowest BCUT2D eigenvalue weighted by molar-refractivity contribution is 0.580. The largest absolute Gasteiger partial charge is 0.398 e. The third-order valence-electron chi connectivity index (χ3n) is 2.66. The number of pyridine rings is 1. The van der Waals surface area contributed by atoms with Crippen LogP contribution in [0.4, 0.5) is 5.69 Å². The Labute approximate surface area is 92.1 Å². The molecular formula is C9H10N4O2S. The lowest BCUT2D eigenvalue weighted by atomic mass is 10.3. The first-order chi connectivity index (χ1) is 7.60. The zero-order chi connectivity index (χ0) is 11.3. The van der Waals surface area contributed by atoms with Crippen molar-refractivity contribution in [3.8, 4) is 0 Å². The lowest BCUT2D eigenvalue weighted by Crippen LogP contribution is -2.19. The van der Waals surface area contributed by atoms with E-state index in [0.29, 0.717) is 29.6 Å². The van der Waals surface area contributed by atoms with Gasteiger partial charge in [-0.15, -0.1) is 4.09 Å². The Morgan fingerprint density at radius 2 is 2.19 bits per heavy atom. The van der Waals surface area contributed by atoms with E-state index in [-0.39, 0.29) is 5.25 Å². The SMILES string of the molecule is Nc1ccnc2c1cnn2S(=O)(=O)C1CC1. The number of anilines is 1. The first kappa shape index (κ1) is 9.59. The van der Waals surface area contributed by atoms with E-state index in [9.17, 15) is 8.42 Å². The summed E-state index contributed by atoms with van der Waals surface area (Å²) in [6.45, 7) is 0. The van der Waals surface area contributed by atoms with E-state index in [2.05, 4.69) is 10.1 Å². The molecule has 2 heterocycles. The molecule has 1 fully saturated rings. The average Bonchev–Trinajstić information content (AvgIpc) is 2.99. The van der Waals surface area contributed by atoms with Crippen molar-refractivity contribution in [2.75, 3.05) is 5.73 Å². The second kappa shape index (κ2) is 2.94. The zero-order valence-corrected chi connectivity index (χ0v) is 9.18. The Kier molecular flexibility index (Phi) is 1.76. The number of hydrogen-bond acceptors (Lipinski definition) is 5. The first-order valence-corrected chi connectivity index (χ1v) is 6.43. The van der Waals surface area contributed by atoms with Gasteiger partial charge < -0.3 is 5.73 Å². The summed E-state index contributed by atoms with van der Waals surface area (Å²) >= 11 is 0. The van der Waals surface area contributed by atoms with E-state index in [1.807, 2.05) is 0 Å². The Hall–Kier alpha value is -1.63. The van der Waals surface area contributed by atoms with Crippen molar-refractivity contribution in [3.63, 3.8) is 0 Å². The summed E-state index contributed by atoms with van der Waals surface area (Å²) in [5, 5.41) is 4.14. The number of nitrogens with two attached hydrogens (primary N) is 1. The predicted octanol–water partition coefficient (Wildman–Crippen LogP) is 0.354. The Morgan fingerprint density at radius 1 is 1.44 bits per heavy atom. The second-order valence-corrected chi connectivity index (χ2v) is 5.91. The normalized spacial score (nSPS) is 16.8. The van der Waals surface area contributed by atoms with E-state index < -0.39 is 10.0 Å². The first-order valence-electron chi connectivity index (χ1n) is 4.93. The molecule has 7 heteroatoms. The van der Waals surface area contributed by atoms with Gasteiger partial charge in [0, 0.05) is 11.9 Å². The van der Waals surface area contributed by atoms with Gasteiger partial charge in [0.1, 0.15) is 0 Å². The van der Waals surface area contributed by atoms with E-state index in [0.717, 1.165) is 4.09 Å². The third kappa shape index (κ3) is 1.21. The molecule has 6 nitrogen and oxygen atoms in total. The molecule has 2 N–H and O–H groups in total. The highest BCUT2D eigenvalue weighted by molar-refractivity contribution is 7.90. The van der Waals surface area contributed by atoms with E-state index in [4.69, 9.17) is 5.73 Å². The maximum absolute atomic E-state index is 12.0. The van der Waals surface area contributed by atoms with E-state index >= 15 is 0 Å². The molecule has 84 valence electrons. The average molecular weight is 238 g/mol. The molecule has 0 saturated heterocycles. The smallest absolute Gasteiger partial charge is 0.258 e. The van der Waals surface area contributed by atoms with Gasteiger partial charge in [0.2, 0.25) is 0 Å². The fourth-order valence-electron chi connectivity index (χ4n) is 1.62. The molecule has 0 amide bonds. The molecule has 0 atom stereocenters. The molecule has 1 saturated carbocycles. The van der Waals surface area contributed by atoms with Crippen LogP contribution in [0.3, 0.4) is 0 Å². The van der Waals surface area contributed by atoms with Crippen LogP contribution in [-0.2, 0) is 10.0 Å². The van der Waals surface area contributed by atoms with Crippen LogP contribution in [0.1, 0.15) is 12.8 Å². The standard InChI is InChI=1S/C9H10N4O2S/c10-8-3-4-11-9-7(8)5-12-13(9)16(14,15)6-1-2-6/h3-6H,1-2H2,(H2,10,11). The quantitative estimate of drug-likeness (QED) is 0.815. The second-order valence-electron chi connectivity index (χ2n) is 3.87. The molecule has 0 aromatic carbocycles. The molecule has 2 aromatic heterocycles. The Balaban J connectivity index is 2.29. The van der Waals surface area contributed by atoms with Crippen molar-refractivity contribution in [1.29, 1.82) is 0 Å². The number of aromatic nitrogens is 3. The van der Waals surface area contributed by atoms with Crippen LogP contribution in [0.25, 0.3) is 11.0 Å². The summed E-state index contributed by atoms with van der Waals surface area (Å²) in [5.74, 6) is 0. The summed E-state index contributed by atoms with van der Waals surface area (Å²) in [6, 6.07) is 1.62. The number of fused-ring (bicyclic) bond motifs is 1. The summed E-state index contributed by atoms with van der Waals surface area (Å²) in [5.41, 5.74) is 6.52. The van der Waals surface area contributed by atoms with Crippen LogP contribution in [0.2, 0.25) is 0 Å². The molecule has 0 unspecified atom stereocenters. The van der Waals surface area contributed by atoms with Gasteiger partial charge in [0.15, 0.2) is 5.65 Å². The Bertz CT molecular complexity index is 657. The van der Waals surface area contributed by atoms with Crippen LogP contribution in [0.15, 0.2) is 18.5 Å². The van der Waals surface area contributed by atoms with Gasteiger partial charge in [-0.2, -0.15) is 5.10 Å². The molecule has 2 aromatic rings. The van der Waals surface area contributed by atoms with Crippen molar-refractivity contribution < 1.29 is 8.42 Å². The van der Waals surface area contributed by atoms with Crippen LogP contribution in [0, 0.1) is 0 Å². The zero-order valence-electron chi connectivity index (χ0n) is 8.37. The monoisotopic (exact) mass is 238 g/mol. The van der Waals surface area contributed by atoms with Crippen molar-refractivity contribution in [1.82, 2.24) is 14.2 Å².